The van der Waals surface area contributed by atoms with Gasteiger partial charge in [-0.1, -0.05) is 12.1 Å². The number of ketones is 1. The van der Waals surface area contributed by atoms with E-state index in [9.17, 15) is 9.59 Å². The largest absolute Gasteiger partial charge is 0.488 e. The number of para-hydroxylation sites is 1. The summed E-state index contributed by atoms with van der Waals surface area (Å²) in [6, 6.07) is 6.91. The molecule has 0 amide bonds. The van der Waals surface area contributed by atoms with Crippen molar-refractivity contribution in [3.8, 4) is 5.75 Å². The van der Waals surface area contributed by atoms with Crippen molar-refractivity contribution in [2.75, 3.05) is 0 Å². The van der Waals surface area contributed by atoms with Crippen LogP contribution in [-0.4, -0.2) is 23.0 Å². The molecule has 2 atom stereocenters. The summed E-state index contributed by atoms with van der Waals surface area (Å²) < 4.78 is 5.52. The third-order valence-electron chi connectivity index (χ3n) is 2.80. The van der Waals surface area contributed by atoms with Gasteiger partial charge in [-0.05, 0) is 19.1 Å². The highest BCUT2D eigenvalue weighted by Crippen LogP contribution is 2.29. The number of hydrogen-bond acceptors (Lipinski definition) is 3. The van der Waals surface area contributed by atoms with Gasteiger partial charge in [-0.25, -0.2) is 0 Å². The van der Waals surface area contributed by atoms with E-state index in [4.69, 9.17) is 9.84 Å². The summed E-state index contributed by atoms with van der Waals surface area (Å²) in [4.78, 5) is 22.6. The lowest BCUT2D eigenvalue weighted by Gasteiger charge is -2.27. The van der Waals surface area contributed by atoms with Gasteiger partial charge in [0.2, 0.25) is 0 Å². The van der Waals surface area contributed by atoms with E-state index in [2.05, 4.69) is 0 Å². The minimum Gasteiger partial charge on any atom is -0.488 e. The van der Waals surface area contributed by atoms with Crippen LogP contribution in [0.4, 0.5) is 0 Å². The van der Waals surface area contributed by atoms with E-state index in [-0.39, 0.29) is 12.2 Å². The maximum absolute atomic E-state index is 11.8. The maximum atomic E-state index is 11.8. The van der Waals surface area contributed by atoms with Crippen LogP contribution >= 0.6 is 0 Å². The first kappa shape index (κ1) is 10.7. The summed E-state index contributed by atoms with van der Waals surface area (Å²) in [6.07, 6.45) is -0.440. The molecule has 0 aromatic heterocycles. The van der Waals surface area contributed by atoms with Crippen molar-refractivity contribution in [1.29, 1.82) is 0 Å². The van der Waals surface area contributed by atoms with E-state index in [0.717, 1.165) is 0 Å². The lowest BCUT2D eigenvalue weighted by atomic mass is 9.93. The Bertz CT molecular complexity index is 438. The Labute approximate surface area is 92.8 Å². The summed E-state index contributed by atoms with van der Waals surface area (Å²) in [6.45, 7) is 1.55. The highest BCUT2D eigenvalue weighted by Gasteiger charge is 2.33. The Morgan fingerprint density at radius 1 is 1.50 bits per heavy atom. The average molecular weight is 220 g/mol. The minimum atomic E-state index is -0.947. The molecule has 2 unspecified atom stereocenters. The molecular formula is C12H12O4. The van der Waals surface area contributed by atoms with Crippen LogP contribution in [0.3, 0.4) is 0 Å². The first-order valence-electron chi connectivity index (χ1n) is 5.11. The van der Waals surface area contributed by atoms with Crippen LogP contribution in [0.2, 0.25) is 0 Å². The number of carboxylic acids is 1. The predicted octanol–water partition coefficient (Wildman–Crippen LogP) is 1.74. The molecule has 0 bridgehead atoms. The van der Waals surface area contributed by atoms with Crippen molar-refractivity contribution >= 4 is 11.8 Å². The molecule has 4 nitrogen and oxygen atoms in total. The number of fused-ring (bicyclic) bond motifs is 1. The molecule has 1 N–H and O–H groups in total. The number of hydrogen-bond donors (Lipinski definition) is 1. The Morgan fingerprint density at radius 2 is 2.19 bits per heavy atom. The molecule has 0 saturated carbocycles. The molecule has 1 aliphatic heterocycles. The van der Waals surface area contributed by atoms with Gasteiger partial charge in [-0.2, -0.15) is 0 Å². The van der Waals surface area contributed by atoms with E-state index in [1.807, 2.05) is 0 Å². The van der Waals surface area contributed by atoms with Gasteiger partial charge in [-0.15, -0.1) is 0 Å². The van der Waals surface area contributed by atoms with Gasteiger partial charge in [-0.3, -0.25) is 9.59 Å². The van der Waals surface area contributed by atoms with Gasteiger partial charge in [0.25, 0.3) is 0 Å². The fraction of sp³-hybridized carbons (Fsp3) is 0.333. The molecule has 84 valence electrons. The SMILES string of the molecule is CC(C(=O)O)C1CC(=O)c2ccccc2O1. The molecule has 0 fully saturated rings. The molecule has 1 aromatic carbocycles. The van der Waals surface area contributed by atoms with Crippen LogP contribution < -0.4 is 4.74 Å². The predicted molar refractivity (Wildman–Crippen MR) is 56.6 cm³/mol. The van der Waals surface area contributed by atoms with Gasteiger partial charge in [0.15, 0.2) is 5.78 Å². The first-order valence-corrected chi connectivity index (χ1v) is 5.11. The van der Waals surface area contributed by atoms with Crippen molar-refractivity contribution in [3.05, 3.63) is 29.8 Å². The number of Topliss-reactive ketones (excluding diaryl/α,β-unsaturated/α-hetero) is 1. The summed E-state index contributed by atoms with van der Waals surface area (Å²) in [7, 11) is 0. The van der Waals surface area contributed by atoms with Crippen molar-refractivity contribution in [1.82, 2.24) is 0 Å². The van der Waals surface area contributed by atoms with Crippen molar-refractivity contribution in [2.24, 2.45) is 5.92 Å². The zero-order chi connectivity index (χ0) is 11.7. The second-order valence-corrected chi connectivity index (χ2v) is 3.91. The molecule has 1 aliphatic rings. The van der Waals surface area contributed by atoms with Crippen LogP contribution in [0, 0.1) is 5.92 Å². The Kier molecular flexibility index (Phi) is 2.64. The van der Waals surface area contributed by atoms with Crippen LogP contribution in [-0.2, 0) is 4.79 Å². The van der Waals surface area contributed by atoms with E-state index in [0.29, 0.717) is 11.3 Å². The molecule has 0 aliphatic carbocycles. The number of carbonyl (C=O) groups is 2. The standard InChI is InChI=1S/C12H12O4/c1-7(12(14)15)11-6-9(13)8-4-2-3-5-10(8)16-11/h2-5,7,11H,6H2,1H3,(H,14,15). The van der Waals surface area contributed by atoms with E-state index >= 15 is 0 Å². The molecule has 4 heteroatoms. The third kappa shape index (κ3) is 1.78. The molecule has 0 spiro atoms. The van der Waals surface area contributed by atoms with Gasteiger partial charge in [0.05, 0.1) is 11.5 Å². The zero-order valence-corrected chi connectivity index (χ0v) is 8.84. The zero-order valence-electron chi connectivity index (χ0n) is 8.84. The fourth-order valence-electron chi connectivity index (χ4n) is 1.74. The Hall–Kier alpha value is -1.84. The number of rotatable bonds is 2. The smallest absolute Gasteiger partial charge is 0.309 e. The lowest BCUT2D eigenvalue weighted by Crippen LogP contribution is -2.36. The van der Waals surface area contributed by atoms with Crippen LogP contribution in [0.15, 0.2) is 24.3 Å². The second kappa shape index (κ2) is 3.96. The molecule has 16 heavy (non-hydrogen) atoms. The van der Waals surface area contributed by atoms with Crippen LogP contribution in [0.25, 0.3) is 0 Å². The van der Waals surface area contributed by atoms with Crippen LogP contribution in [0.5, 0.6) is 5.75 Å². The van der Waals surface area contributed by atoms with Gasteiger partial charge < -0.3 is 9.84 Å². The highest BCUT2D eigenvalue weighted by molar-refractivity contribution is 6.00. The van der Waals surface area contributed by atoms with E-state index in [1.54, 1.807) is 31.2 Å². The number of carboxylic acid groups (broad SMARTS) is 1. The number of aliphatic carboxylic acids is 1. The maximum Gasteiger partial charge on any atom is 0.309 e. The summed E-state index contributed by atoms with van der Waals surface area (Å²) in [5.41, 5.74) is 0.538. The van der Waals surface area contributed by atoms with Gasteiger partial charge in [0, 0.05) is 6.42 Å². The Morgan fingerprint density at radius 3 is 2.88 bits per heavy atom. The average Bonchev–Trinajstić information content (AvgIpc) is 2.28. The summed E-state index contributed by atoms with van der Waals surface area (Å²) in [5, 5.41) is 8.88. The van der Waals surface area contributed by atoms with Gasteiger partial charge in [0.1, 0.15) is 11.9 Å². The number of carbonyl (C=O) groups excluding carboxylic acids is 1. The minimum absolute atomic E-state index is 0.0556. The molecule has 0 radical (unpaired) electrons. The third-order valence-corrected chi connectivity index (χ3v) is 2.80. The first-order chi connectivity index (χ1) is 7.59. The summed E-state index contributed by atoms with van der Waals surface area (Å²) >= 11 is 0. The number of benzene rings is 1. The molecular weight excluding hydrogens is 208 g/mol. The van der Waals surface area contributed by atoms with Crippen LogP contribution in [0.1, 0.15) is 23.7 Å². The van der Waals surface area contributed by atoms with Gasteiger partial charge >= 0.3 is 5.97 Å². The topological polar surface area (TPSA) is 63.6 Å². The Balaban J connectivity index is 2.28. The number of ether oxygens (including phenoxy) is 1. The summed E-state index contributed by atoms with van der Waals surface area (Å²) in [5.74, 6) is -1.20. The van der Waals surface area contributed by atoms with Crippen molar-refractivity contribution < 1.29 is 19.4 Å². The molecule has 1 aromatic rings. The quantitative estimate of drug-likeness (QED) is 0.824. The van der Waals surface area contributed by atoms with Crippen molar-refractivity contribution in [3.63, 3.8) is 0 Å². The fourth-order valence-corrected chi connectivity index (χ4v) is 1.74. The monoisotopic (exact) mass is 220 g/mol. The normalized spacial score (nSPS) is 20.8. The lowest BCUT2D eigenvalue weighted by molar-refractivity contribution is -0.144. The molecule has 2 rings (SSSR count). The molecule has 0 saturated heterocycles. The molecule has 1 heterocycles. The van der Waals surface area contributed by atoms with Crippen molar-refractivity contribution in [2.45, 2.75) is 19.4 Å². The van der Waals surface area contributed by atoms with E-state index < -0.39 is 18.0 Å². The highest BCUT2D eigenvalue weighted by atomic mass is 16.5. The second-order valence-electron chi connectivity index (χ2n) is 3.91. The van der Waals surface area contributed by atoms with E-state index in [1.165, 1.54) is 0 Å².